The van der Waals surface area contributed by atoms with Crippen LogP contribution in [0.25, 0.3) is 10.9 Å². The molecule has 8 heteroatoms. The van der Waals surface area contributed by atoms with Gasteiger partial charge in [-0.3, -0.25) is 8.75 Å². The summed E-state index contributed by atoms with van der Waals surface area (Å²) in [5, 5.41) is 0.509. The summed E-state index contributed by atoms with van der Waals surface area (Å²) in [5.41, 5.74) is 0.398. The van der Waals surface area contributed by atoms with Gasteiger partial charge in [-0.15, -0.1) is 0 Å². The summed E-state index contributed by atoms with van der Waals surface area (Å²) in [7, 11) is -3.61. The Morgan fingerprint density at radius 3 is 2.52 bits per heavy atom. The number of carbonyl (C=O) groups excluding carboxylic acids is 1. The summed E-state index contributed by atoms with van der Waals surface area (Å²) >= 11 is 0. The number of nitrogens with zero attached hydrogens (tertiary/aromatic N) is 1. The zero-order valence-corrected chi connectivity index (χ0v) is 15.7. The first-order valence-electron chi connectivity index (χ1n) is 7.77. The van der Waals surface area contributed by atoms with E-state index in [0.29, 0.717) is 16.5 Å². The van der Waals surface area contributed by atoms with Gasteiger partial charge in [0.05, 0.1) is 17.9 Å². The van der Waals surface area contributed by atoms with Gasteiger partial charge in [0.1, 0.15) is 11.4 Å². The quantitative estimate of drug-likeness (QED) is 0.770. The highest BCUT2D eigenvalue weighted by Gasteiger charge is 2.22. The SMILES string of the molecule is C[C@H](Cc1cn(C(=O)OC(C)(C)C)c2ccc(F)cc12)OS(C)(=O)=O. The number of benzene rings is 1. The maximum absolute atomic E-state index is 13.7. The summed E-state index contributed by atoms with van der Waals surface area (Å²) in [6.07, 6.45) is 1.44. The van der Waals surface area contributed by atoms with Crippen LogP contribution in [0.2, 0.25) is 0 Å². The van der Waals surface area contributed by atoms with Crippen molar-refractivity contribution in [2.75, 3.05) is 6.26 Å². The third kappa shape index (κ3) is 5.27. The van der Waals surface area contributed by atoms with Crippen LogP contribution in [0.4, 0.5) is 9.18 Å². The molecule has 1 atom stereocenters. The zero-order chi connectivity index (χ0) is 19.0. The molecule has 0 aliphatic heterocycles. The first kappa shape index (κ1) is 19.4. The van der Waals surface area contributed by atoms with Crippen LogP contribution in [0.15, 0.2) is 24.4 Å². The second-order valence-electron chi connectivity index (χ2n) is 6.98. The largest absolute Gasteiger partial charge is 0.443 e. The molecule has 6 nitrogen and oxygen atoms in total. The van der Waals surface area contributed by atoms with E-state index in [9.17, 15) is 17.6 Å². The molecule has 1 heterocycles. The van der Waals surface area contributed by atoms with Crippen LogP contribution in [-0.2, 0) is 25.5 Å². The standard InChI is InChI=1S/C17H22FNO5S/c1-11(24-25(5,21)22)8-12-10-19(16(20)23-17(2,3)4)15-7-6-13(18)9-14(12)15/h6-7,9-11H,8H2,1-5H3/t11-/m1/s1. The predicted molar refractivity (Wildman–Crippen MR) is 92.6 cm³/mol. The van der Waals surface area contributed by atoms with Crippen LogP contribution in [-0.4, -0.2) is 37.0 Å². The first-order chi connectivity index (χ1) is 11.4. The number of hydrogen-bond acceptors (Lipinski definition) is 5. The topological polar surface area (TPSA) is 74.6 Å². The maximum Gasteiger partial charge on any atom is 0.419 e. The molecular weight excluding hydrogens is 349 g/mol. The molecule has 0 bridgehead atoms. The lowest BCUT2D eigenvalue weighted by molar-refractivity contribution is 0.0544. The summed E-state index contributed by atoms with van der Waals surface area (Å²) in [4.78, 5) is 12.4. The first-order valence-corrected chi connectivity index (χ1v) is 9.58. The molecule has 0 aliphatic rings. The van der Waals surface area contributed by atoms with Crippen LogP contribution in [0.1, 0.15) is 33.3 Å². The Kier molecular flexibility index (Phi) is 5.24. The van der Waals surface area contributed by atoms with Crippen molar-refractivity contribution in [1.82, 2.24) is 4.57 Å². The van der Waals surface area contributed by atoms with E-state index in [-0.39, 0.29) is 6.42 Å². The molecular formula is C17H22FNO5S. The third-order valence-electron chi connectivity index (χ3n) is 3.29. The van der Waals surface area contributed by atoms with E-state index in [1.54, 1.807) is 27.7 Å². The van der Waals surface area contributed by atoms with Crippen LogP contribution in [0.5, 0.6) is 0 Å². The Hall–Kier alpha value is -1.93. The molecule has 138 valence electrons. The number of fused-ring (bicyclic) bond motifs is 1. The van der Waals surface area contributed by atoms with Gasteiger partial charge >= 0.3 is 6.09 Å². The van der Waals surface area contributed by atoms with Gasteiger partial charge < -0.3 is 4.74 Å². The van der Waals surface area contributed by atoms with Crippen LogP contribution < -0.4 is 0 Å². The average Bonchev–Trinajstić information content (AvgIpc) is 2.73. The predicted octanol–water partition coefficient (Wildman–Crippen LogP) is 3.47. The molecule has 2 rings (SSSR count). The van der Waals surface area contributed by atoms with Crippen LogP contribution in [0.3, 0.4) is 0 Å². The van der Waals surface area contributed by atoms with E-state index >= 15 is 0 Å². The molecule has 0 aliphatic carbocycles. The van der Waals surface area contributed by atoms with Crippen molar-refractivity contribution in [1.29, 1.82) is 0 Å². The lowest BCUT2D eigenvalue weighted by atomic mass is 10.1. The normalized spacial score (nSPS) is 13.8. The summed E-state index contributed by atoms with van der Waals surface area (Å²) in [6, 6.07) is 4.04. The van der Waals surface area contributed by atoms with Gasteiger partial charge in [0.25, 0.3) is 10.1 Å². The highest BCUT2D eigenvalue weighted by atomic mass is 32.2. The molecule has 2 aromatic rings. The highest BCUT2D eigenvalue weighted by Crippen LogP contribution is 2.25. The van der Waals surface area contributed by atoms with Crippen molar-refractivity contribution >= 4 is 27.1 Å². The summed E-state index contributed by atoms with van der Waals surface area (Å²) in [5.74, 6) is -0.452. The fraction of sp³-hybridized carbons (Fsp3) is 0.471. The van der Waals surface area contributed by atoms with Gasteiger partial charge in [-0.25, -0.2) is 9.18 Å². The molecule has 1 aromatic heterocycles. The average molecular weight is 371 g/mol. The fourth-order valence-electron chi connectivity index (χ4n) is 2.54. The summed E-state index contributed by atoms with van der Waals surface area (Å²) < 4.78 is 47.8. The van der Waals surface area contributed by atoms with Crippen LogP contribution >= 0.6 is 0 Å². The molecule has 0 unspecified atom stereocenters. The lowest BCUT2D eigenvalue weighted by Gasteiger charge is -2.19. The Balaban J connectivity index is 2.43. The Morgan fingerprint density at radius 2 is 1.96 bits per heavy atom. The second kappa shape index (κ2) is 6.76. The number of halogens is 1. The molecule has 0 fully saturated rings. The van der Waals surface area contributed by atoms with Gasteiger partial charge in [-0.1, -0.05) is 0 Å². The number of aromatic nitrogens is 1. The molecule has 1 aromatic carbocycles. The second-order valence-corrected chi connectivity index (χ2v) is 8.58. The van der Waals surface area contributed by atoms with Gasteiger partial charge in [0.2, 0.25) is 0 Å². The Bertz CT molecular complexity index is 896. The molecule has 25 heavy (non-hydrogen) atoms. The lowest BCUT2D eigenvalue weighted by Crippen LogP contribution is -2.26. The van der Waals surface area contributed by atoms with Crippen molar-refractivity contribution < 1.29 is 26.5 Å². The van der Waals surface area contributed by atoms with Crippen molar-refractivity contribution in [3.05, 3.63) is 35.8 Å². The van der Waals surface area contributed by atoms with Gasteiger partial charge in [0.15, 0.2) is 0 Å². The number of carbonyl (C=O) groups is 1. The highest BCUT2D eigenvalue weighted by molar-refractivity contribution is 7.86. The van der Waals surface area contributed by atoms with E-state index in [2.05, 4.69) is 0 Å². The van der Waals surface area contributed by atoms with Crippen molar-refractivity contribution in [2.45, 2.75) is 45.8 Å². The minimum atomic E-state index is -3.61. The van der Waals surface area contributed by atoms with Crippen molar-refractivity contribution in [3.8, 4) is 0 Å². The monoisotopic (exact) mass is 371 g/mol. The van der Waals surface area contributed by atoms with E-state index in [1.165, 1.54) is 29.0 Å². The molecule has 0 amide bonds. The van der Waals surface area contributed by atoms with E-state index < -0.39 is 33.7 Å². The van der Waals surface area contributed by atoms with Gasteiger partial charge in [-0.2, -0.15) is 8.42 Å². The number of ether oxygens (including phenoxy) is 1. The van der Waals surface area contributed by atoms with E-state index in [1.807, 2.05) is 0 Å². The van der Waals surface area contributed by atoms with Crippen molar-refractivity contribution in [3.63, 3.8) is 0 Å². The molecule has 0 saturated heterocycles. The molecule has 0 radical (unpaired) electrons. The summed E-state index contributed by atoms with van der Waals surface area (Å²) in [6.45, 7) is 6.84. The fourth-order valence-corrected chi connectivity index (χ4v) is 3.20. The zero-order valence-electron chi connectivity index (χ0n) is 14.9. The number of hydrogen-bond donors (Lipinski definition) is 0. The van der Waals surface area contributed by atoms with Crippen molar-refractivity contribution in [2.24, 2.45) is 0 Å². The smallest absolute Gasteiger partial charge is 0.419 e. The minimum Gasteiger partial charge on any atom is -0.443 e. The molecule has 0 spiro atoms. The number of rotatable bonds is 4. The van der Waals surface area contributed by atoms with E-state index in [0.717, 1.165) is 6.26 Å². The van der Waals surface area contributed by atoms with Gasteiger partial charge in [0, 0.05) is 18.0 Å². The Morgan fingerprint density at radius 1 is 1.32 bits per heavy atom. The molecule has 0 N–H and O–H groups in total. The Labute approximate surface area is 146 Å². The van der Waals surface area contributed by atoms with Gasteiger partial charge in [-0.05, 0) is 51.5 Å². The molecule has 0 saturated carbocycles. The minimum absolute atomic E-state index is 0.197. The van der Waals surface area contributed by atoms with Crippen LogP contribution in [0, 0.1) is 5.82 Å². The maximum atomic E-state index is 13.7. The van der Waals surface area contributed by atoms with E-state index in [4.69, 9.17) is 8.92 Å². The third-order valence-corrected chi connectivity index (χ3v) is 3.96.